The summed E-state index contributed by atoms with van der Waals surface area (Å²) in [5.74, 6) is 0.628. The van der Waals surface area contributed by atoms with Gasteiger partial charge in [0.05, 0.1) is 5.69 Å². The molecule has 3 heterocycles. The van der Waals surface area contributed by atoms with Crippen LogP contribution in [0.2, 0.25) is 5.15 Å². The van der Waals surface area contributed by atoms with Crippen LogP contribution in [-0.2, 0) is 19.4 Å². The first kappa shape index (κ1) is 20.2. The Bertz CT molecular complexity index is 1090. The highest BCUT2D eigenvalue weighted by Gasteiger charge is 2.19. The zero-order valence-corrected chi connectivity index (χ0v) is 17.4. The number of nitrogens with zero attached hydrogens (tertiary/aromatic N) is 3. The van der Waals surface area contributed by atoms with Crippen LogP contribution < -0.4 is 4.74 Å². The van der Waals surface area contributed by atoms with Gasteiger partial charge in [-0.1, -0.05) is 23.7 Å². The van der Waals surface area contributed by atoms with Gasteiger partial charge in [0, 0.05) is 24.8 Å². The average Bonchev–Trinajstić information content (AvgIpc) is 2.95. The average molecular weight is 424 g/mol. The fraction of sp³-hybridized carbons (Fsp3) is 0.261. The van der Waals surface area contributed by atoms with E-state index in [9.17, 15) is 9.90 Å². The van der Waals surface area contributed by atoms with Crippen LogP contribution in [0.15, 0.2) is 48.7 Å². The minimum atomic E-state index is -0.875. The molecule has 6 nitrogen and oxygen atoms in total. The lowest BCUT2D eigenvalue weighted by Gasteiger charge is -2.15. The van der Waals surface area contributed by atoms with Gasteiger partial charge in [-0.25, -0.2) is 9.78 Å². The maximum Gasteiger partial charge on any atom is 0.407 e. The van der Waals surface area contributed by atoms with E-state index in [1.54, 1.807) is 12.3 Å². The van der Waals surface area contributed by atoms with E-state index in [2.05, 4.69) is 16.0 Å². The number of ether oxygens (including phenoxy) is 1. The van der Waals surface area contributed by atoms with Crippen molar-refractivity contribution in [2.75, 3.05) is 13.1 Å². The van der Waals surface area contributed by atoms with E-state index in [4.69, 9.17) is 16.3 Å². The molecule has 0 bridgehead atoms. The molecule has 4 rings (SSSR count). The van der Waals surface area contributed by atoms with Crippen LogP contribution in [0.3, 0.4) is 0 Å². The molecule has 3 aromatic rings. The summed E-state index contributed by atoms with van der Waals surface area (Å²) in [6.45, 7) is 3.34. The first-order valence-corrected chi connectivity index (χ1v) is 10.2. The number of aryl methyl sites for hydroxylation is 1. The third-order valence-electron chi connectivity index (χ3n) is 5.22. The van der Waals surface area contributed by atoms with Crippen molar-refractivity contribution in [3.05, 3.63) is 76.2 Å². The molecule has 1 aliphatic heterocycles. The van der Waals surface area contributed by atoms with Gasteiger partial charge in [0.15, 0.2) is 0 Å². The summed E-state index contributed by atoms with van der Waals surface area (Å²) in [7, 11) is 0. The molecule has 0 saturated heterocycles. The lowest BCUT2D eigenvalue weighted by atomic mass is 9.98. The number of benzene rings is 1. The van der Waals surface area contributed by atoms with Gasteiger partial charge in [0.25, 0.3) is 0 Å². The Hall–Kier alpha value is -3.12. The predicted molar refractivity (Wildman–Crippen MR) is 115 cm³/mol. The van der Waals surface area contributed by atoms with Crippen LogP contribution in [-0.4, -0.2) is 39.2 Å². The van der Waals surface area contributed by atoms with Crippen LogP contribution in [0.1, 0.15) is 22.4 Å². The molecule has 2 aromatic heterocycles. The van der Waals surface area contributed by atoms with Crippen LogP contribution in [0, 0.1) is 6.92 Å². The third kappa shape index (κ3) is 4.54. The summed E-state index contributed by atoms with van der Waals surface area (Å²) < 4.78 is 6.04. The molecular weight excluding hydrogens is 402 g/mol. The van der Waals surface area contributed by atoms with Gasteiger partial charge < -0.3 is 14.7 Å². The minimum absolute atomic E-state index is 0.330. The van der Waals surface area contributed by atoms with Gasteiger partial charge in [-0.05, 0) is 66.8 Å². The largest absolute Gasteiger partial charge is 0.485 e. The molecule has 0 aliphatic carbocycles. The van der Waals surface area contributed by atoms with Gasteiger partial charge in [0.1, 0.15) is 23.2 Å². The topological polar surface area (TPSA) is 75.6 Å². The maximum absolute atomic E-state index is 11.3. The number of aromatic nitrogens is 2. The van der Waals surface area contributed by atoms with Crippen molar-refractivity contribution in [1.82, 2.24) is 14.9 Å². The number of fused-ring (bicyclic) bond motifs is 1. The number of rotatable bonds is 4. The Morgan fingerprint density at radius 2 is 1.93 bits per heavy atom. The second-order valence-corrected chi connectivity index (χ2v) is 7.73. The predicted octanol–water partition coefficient (Wildman–Crippen LogP) is 4.76. The number of hydrogen-bond acceptors (Lipinski definition) is 4. The summed E-state index contributed by atoms with van der Waals surface area (Å²) in [6.07, 6.45) is 2.26. The molecule has 30 heavy (non-hydrogen) atoms. The number of halogens is 1. The van der Waals surface area contributed by atoms with Gasteiger partial charge in [-0.2, -0.15) is 0 Å². The number of carbonyl (C=O) groups is 1. The Morgan fingerprint density at radius 3 is 2.70 bits per heavy atom. The van der Waals surface area contributed by atoms with E-state index in [0.717, 1.165) is 27.9 Å². The second kappa shape index (κ2) is 8.71. The van der Waals surface area contributed by atoms with Crippen molar-refractivity contribution in [2.24, 2.45) is 0 Å². The van der Waals surface area contributed by atoms with Gasteiger partial charge >= 0.3 is 6.09 Å². The molecule has 1 aliphatic rings. The van der Waals surface area contributed by atoms with Crippen LogP contribution in [0.5, 0.6) is 5.75 Å². The molecule has 0 radical (unpaired) electrons. The monoisotopic (exact) mass is 423 g/mol. The molecule has 1 amide bonds. The fourth-order valence-electron chi connectivity index (χ4n) is 3.64. The summed E-state index contributed by atoms with van der Waals surface area (Å²) in [5, 5.41) is 9.68. The smallest absolute Gasteiger partial charge is 0.407 e. The number of amides is 1. The van der Waals surface area contributed by atoms with Gasteiger partial charge in [-0.3, -0.25) is 4.98 Å². The SMILES string of the molecule is Cc1ccnc(COc2ccc(Cl)nc2-c2ccc3c(c2)CCN(C(=O)O)CC3)c1. The molecule has 0 spiro atoms. The molecule has 1 aromatic carbocycles. The molecule has 0 saturated carbocycles. The lowest BCUT2D eigenvalue weighted by molar-refractivity contribution is 0.147. The first-order valence-electron chi connectivity index (χ1n) is 9.80. The van der Waals surface area contributed by atoms with Crippen molar-refractivity contribution < 1.29 is 14.6 Å². The van der Waals surface area contributed by atoms with E-state index >= 15 is 0 Å². The number of carboxylic acid groups (broad SMARTS) is 1. The highest BCUT2D eigenvalue weighted by Crippen LogP contribution is 2.32. The minimum Gasteiger partial charge on any atom is -0.485 e. The zero-order chi connectivity index (χ0) is 21.1. The van der Waals surface area contributed by atoms with Crippen molar-refractivity contribution in [2.45, 2.75) is 26.4 Å². The summed E-state index contributed by atoms with van der Waals surface area (Å²) in [4.78, 5) is 21.6. The fourth-order valence-corrected chi connectivity index (χ4v) is 3.79. The summed E-state index contributed by atoms with van der Waals surface area (Å²) in [6, 6.07) is 13.6. The Balaban J connectivity index is 1.61. The van der Waals surface area contributed by atoms with E-state index in [1.807, 2.05) is 37.3 Å². The maximum atomic E-state index is 11.3. The van der Waals surface area contributed by atoms with Crippen molar-refractivity contribution in [1.29, 1.82) is 0 Å². The standard InChI is InChI=1S/C23H22ClN3O3/c1-15-6-9-25-19(12-15)14-30-20-4-5-21(24)26-22(20)18-3-2-16-7-10-27(23(28)29)11-8-17(16)13-18/h2-6,9,12-13H,7-8,10-11,14H2,1H3,(H,28,29). The van der Waals surface area contributed by atoms with E-state index in [0.29, 0.717) is 49.1 Å². The highest BCUT2D eigenvalue weighted by molar-refractivity contribution is 6.29. The van der Waals surface area contributed by atoms with Crippen LogP contribution >= 0.6 is 11.6 Å². The van der Waals surface area contributed by atoms with E-state index < -0.39 is 6.09 Å². The van der Waals surface area contributed by atoms with Crippen LogP contribution in [0.25, 0.3) is 11.3 Å². The van der Waals surface area contributed by atoms with E-state index in [1.165, 1.54) is 4.90 Å². The quantitative estimate of drug-likeness (QED) is 0.612. The second-order valence-electron chi connectivity index (χ2n) is 7.35. The Kier molecular flexibility index (Phi) is 5.86. The van der Waals surface area contributed by atoms with E-state index in [-0.39, 0.29) is 0 Å². The Morgan fingerprint density at radius 1 is 1.13 bits per heavy atom. The molecule has 1 N–H and O–H groups in total. The van der Waals surface area contributed by atoms with Crippen LogP contribution in [0.4, 0.5) is 4.79 Å². The summed E-state index contributed by atoms with van der Waals surface area (Å²) in [5.41, 5.74) is 5.82. The molecule has 0 fully saturated rings. The number of pyridine rings is 2. The molecule has 154 valence electrons. The molecular formula is C23H22ClN3O3. The molecule has 0 unspecified atom stereocenters. The lowest BCUT2D eigenvalue weighted by Crippen LogP contribution is -2.31. The molecule has 0 atom stereocenters. The third-order valence-corrected chi connectivity index (χ3v) is 5.43. The number of hydrogen-bond donors (Lipinski definition) is 1. The Labute approximate surface area is 180 Å². The molecule has 7 heteroatoms. The highest BCUT2D eigenvalue weighted by atomic mass is 35.5. The first-order chi connectivity index (χ1) is 14.5. The summed E-state index contributed by atoms with van der Waals surface area (Å²) >= 11 is 6.18. The van der Waals surface area contributed by atoms with Crippen molar-refractivity contribution in [3.63, 3.8) is 0 Å². The van der Waals surface area contributed by atoms with Gasteiger partial charge in [0.2, 0.25) is 0 Å². The zero-order valence-electron chi connectivity index (χ0n) is 16.6. The normalized spacial score (nSPS) is 13.5. The van der Waals surface area contributed by atoms with Crippen molar-refractivity contribution in [3.8, 4) is 17.0 Å². The van der Waals surface area contributed by atoms with Gasteiger partial charge in [-0.15, -0.1) is 0 Å². The van der Waals surface area contributed by atoms with Crippen molar-refractivity contribution >= 4 is 17.7 Å².